The Bertz CT molecular complexity index is 1250. The van der Waals surface area contributed by atoms with E-state index in [9.17, 15) is 9.59 Å². The number of hydrogen-bond acceptors (Lipinski definition) is 4. The van der Waals surface area contributed by atoms with Gasteiger partial charge in [0.15, 0.2) is 0 Å². The first-order chi connectivity index (χ1) is 18.0. The molecule has 3 aromatic rings. The molecule has 0 saturated carbocycles. The number of hydrogen-bond donors (Lipinski definition) is 1. The summed E-state index contributed by atoms with van der Waals surface area (Å²) in [7, 11) is 0. The number of nitrogens with one attached hydrogen (secondary N) is 1. The maximum atomic E-state index is 13.4. The Kier molecular flexibility index (Phi) is 9.69. The minimum atomic E-state index is -0.186. The number of halogens is 1. The fourth-order valence-electron chi connectivity index (χ4n) is 4.22. The Morgan fingerprint density at radius 2 is 1.76 bits per heavy atom. The van der Waals surface area contributed by atoms with Crippen LogP contribution >= 0.6 is 23.4 Å². The number of anilines is 2. The summed E-state index contributed by atoms with van der Waals surface area (Å²) in [6.45, 7) is 4.57. The third kappa shape index (κ3) is 7.40. The molecule has 1 N–H and O–H groups in total. The maximum absolute atomic E-state index is 13.4. The van der Waals surface area contributed by atoms with Crippen LogP contribution < -0.4 is 15.1 Å². The highest BCUT2D eigenvalue weighted by molar-refractivity contribution is 8.04. The molecule has 192 valence electrons. The maximum Gasteiger partial charge on any atom is 0.265 e. The molecule has 37 heavy (non-hydrogen) atoms. The van der Waals surface area contributed by atoms with Crippen LogP contribution in [0.25, 0.3) is 6.08 Å². The summed E-state index contributed by atoms with van der Waals surface area (Å²) in [6, 6.07) is 25.4. The van der Waals surface area contributed by atoms with E-state index >= 15 is 0 Å². The van der Waals surface area contributed by atoms with Crippen LogP contribution in [-0.4, -0.2) is 38.0 Å². The highest BCUT2D eigenvalue weighted by atomic mass is 35.5. The van der Waals surface area contributed by atoms with Crippen LogP contribution in [-0.2, 0) is 9.59 Å². The number of carbonyl (C=O) groups excluding carboxylic acids is 2. The van der Waals surface area contributed by atoms with Crippen molar-refractivity contribution in [2.75, 3.05) is 36.0 Å². The zero-order chi connectivity index (χ0) is 26.0. The van der Waals surface area contributed by atoms with Gasteiger partial charge in [0, 0.05) is 35.2 Å². The number of unbranched alkanes of at least 4 members (excludes halogenated alkanes) is 1. The SMILES string of the molecule is CCCCN(CCCNC(=O)CN1C(=O)/C(=C/c2cccc(Cl)c2)Sc2ccccc21)c1ccccc1. The van der Waals surface area contributed by atoms with Crippen molar-refractivity contribution in [3.05, 3.63) is 94.4 Å². The van der Waals surface area contributed by atoms with Gasteiger partial charge in [-0.2, -0.15) is 0 Å². The summed E-state index contributed by atoms with van der Waals surface area (Å²) in [5.41, 5.74) is 2.80. The molecule has 5 nitrogen and oxygen atoms in total. The molecule has 0 aliphatic carbocycles. The van der Waals surface area contributed by atoms with Crippen LogP contribution in [0.4, 0.5) is 11.4 Å². The van der Waals surface area contributed by atoms with E-state index in [1.807, 2.05) is 54.6 Å². The Balaban J connectivity index is 1.38. The molecule has 3 aromatic carbocycles. The molecule has 0 aromatic heterocycles. The van der Waals surface area contributed by atoms with Gasteiger partial charge < -0.3 is 10.2 Å². The molecule has 0 atom stereocenters. The van der Waals surface area contributed by atoms with E-state index in [1.54, 1.807) is 11.0 Å². The molecular weight excluding hydrogens is 502 g/mol. The summed E-state index contributed by atoms with van der Waals surface area (Å²) < 4.78 is 0. The summed E-state index contributed by atoms with van der Waals surface area (Å²) in [5.74, 6) is -0.356. The van der Waals surface area contributed by atoms with Crippen molar-refractivity contribution in [2.24, 2.45) is 0 Å². The standard InChI is InChI=1S/C30H32ClN3O2S/c1-2-3-18-33(25-13-5-4-6-14-25)19-10-17-32-29(35)22-34-26-15-7-8-16-27(26)37-28(30(34)36)21-23-11-9-12-24(31)20-23/h4-9,11-16,20-21H,2-3,10,17-19,22H2,1H3,(H,32,35)/b28-21-. The van der Waals surface area contributed by atoms with E-state index in [0.717, 1.165) is 48.5 Å². The van der Waals surface area contributed by atoms with Crippen molar-refractivity contribution < 1.29 is 9.59 Å². The first-order valence-corrected chi connectivity index (χ1v) is 13.9. The third-order valence-corrected chi connectivity index (χ3v) is 7.42. The van der Waals surface area contributed by atoms with Gasteiger partial charge in [0.2, 0.25) is 5.91 Å². The molecule has 1 aliphatic rings. The number of nitrogens with zero attached hydrogens (tertiary/aromatic N) is 2. The van der Waals surface area contributed by atoms with Crippen molar-refractivity contribution in [1.82, 2.24) is 5.32 Å². The van der Waals surface area contributed by atoms with E-state index in [-0.39, 0.29) is 18.4 Å². The predicted molar refractivity (Wildman–Crippen MR) is 155 cm³/mol. The molecule has 0 radical (unpaired) electrons. The van der Waals surface area contributed by atoms with Gasteiger partial charge in [-0.15, -0.1) is 0 Å². The Morgan fingerprint density at radius 3 is 2.54 bits per heavy atom. The molecule has 0 bridgehead atoms. The summed E-state index contributed by atoms with van der Waals surface area (Å²) in [4.78, 5) is 31.7. The number of carbonyl (C=O) groups is 2. The largest absolute Gasteiger partial charge is 0.371 e. The van der Waals surface area contributed by atoms with E-state index in [0.29, 0.717) is 16.5 Å². The van der Waals surface area contributed by atoms with Crippen LogP contribution in [0.2, 0.25) is 5.02 Å². The second kappa shape index (κ2) is 13.4. The predicted octanol–water partition coefficient (Wildman–Crippen LogP) is 6.63. The van der Waals surface area contributed by atoms with Crippen LogP contribution in [0.3, 0.4) is 0 Å². The zero-order valence-electron chi connectivity index (χ0n) is 21.0. The second-order valence-corrected chi connectivity index (χ2v) is 10.4. The first kappa shape index (κ1) is 26.8. The van der Waals surface area contributed by atoms with Gasteiger partial charge in [0.1, 0.15) is 6.54 Å². The smallest absolute Gasteiger partial charge is 0.265 e. The Labute approximate surface area is 228 Å². The number of amides is 2. The molecule has 2 amide bonds. The van der Waals surface area contributed by atoms with Gasteiger partial charge >= 0.3 is 0 Å². The van der Waals surface area contributed by atoms with Crippen LogP contribution in [0.1, 0.15) is 31.7 Å². The van der Waals surface area contributed by atoms with E-state index in [1.165, 1.54) is 17.4 Å². The van der Waals surface area contributed by atoms with Gasteiger partial charge in [-0.25, -0.2) is 0 Å². The molecular formula is C30H32ClN3O2S. The molecule has 1 heterocycles. The monoisotopic (exact) mass is 533 g/mol. The number of rotatable bonds is 11. The van der Waals surface area contributed by atoms with Gasteiger partial charge in [-0.1, -0.05) is 79.2 Å². The molecule has 4 rings (SSSR count). The minimum absolute atomic E-state index is 0.0263. The summed E-state index contributed by atoms with van der Waals surface area (Å²) in [6.07, 6.45) is 4.91. The Hall–Kier alpha value is -3.22. The van der Waals surface area contributed by atoms with Crippen molar-refractivity contribution in [1.29, 1.82) is 0 Å². The van der Waals surface area contributed by atoms with Crippen molar-refractivity contribution >= 4 is 52.6 Å². The van der Waals surface area contributed by atoms with E-state index < -0.39 is 0 Å². The molecule has 0 saturated heterocycles. The average Bonchev–Trinajstić information content (AvgIpc) is 2.91. The van der Waals surface area contributed by atoms with Gasteiger partial charge in [-0.05, 0) is 60.9 Å². The van der Waals surface area contributed by atoms with Crippen molar-refractivity contribution in [2.45, 2.75) is 31.1 Å². The molecule has 1 aliphatic heterocycles. The van der Waals surface area contributed by atoms with E-state index in [4.69, 9.17) is 11.6 Å². The topological polar surface area (TPSA) is 52.7 Å². The van der Waals surface area contributed by atoms with Gasteiger partial charge in [-0.3, -0.25) is 14.5 Å². The zero-order valence-corrected chi connectivity index (χ0v) is 22.6. The summed E-state index contributed by atoms with van der Waals surface area (Å²) in [5, 5.41) is 3.62. The average molecular weight is 534 g/mol. The van der Waals surface area contributed by atoms with Crippen molar-refractivity contribution in [3.8, 4) is 0 Å². The van der Waals surface area contributed by atoms with Crippen LogP contribution in [0, 0.1) is 0 Å². The lowest BCUT2D eigenvalue weighted by atomic mass is 10.2. The first-order valence-electron chi connectivity index (χ1n) is 12.7. The van der Waals surface area contributed by atoms with Crippen LogP contribution in [0.15, 0.2) is 88.7 Å². The lowest BCUT2D eigenvalue weighted by Gasteiger charge is -2.30. The Morgan fingerprint density at radius 1 is 1.00 bits per heavy atom. The molecule has 0 unspecified atom stereocenters. The molecule has 0 spiro atoms. The quantitative estimate of drug-likeness (QED) is 0.222. The fourth-order valence-corrected chi connectivity index (χ4v) is 5.48. The summed E-state index contributed by atoms with van der Waals surface area (Å²) >= 11 is 7.54. The molecule has 7 heteroatoms. The van der Waals surface area contributed by atoms with Crippen molar-refractivity contribution in [3.63, 3.8) is 0 Å². The molecule has 0 fully saturated rings. The van der Waals surface area contributed by atoms with E-state index in [2.05, 4.69) is 41.4 Å². The highest BCUT2D eigenvalue weighted by Crippen LogP contribution is 2.42. The van der Waals surface area contributed by atoms with Gasteiger partial charge in [0.25, 0.3) is 5.91 Å². The lowest BCUT2D eigenvalue weighted by Crippen LogP contribution is -2.43. The number of thioether (sulfide) groups is 1. The minimum Gasteiger partial charge on any atom is -0.371 e. The normalized spacial score (nSPS) is 13.9. The lowest BCUT2D eigenvalue weighted by molar-refractivity contribution is -0.122. The third-order valence-electron chi connectivity index (χ3n) is 6.11. The fraction of sp³-hybridized carbons (Fsp3) is 0.267. The highest BCUT2D eigenvalue weighted by Gasteiger charge is 2.30. The number of benzene rings is 3. The van der Waals surface area contributed by atoms with Crippen LogP contribution in [0.5, 0.6) is 0 Å². The van der Waals surface area contributed by atoms with Gasteiger partial charge in [0.05, 0.1) is 10.6 Å². The second-order valence-electron chi connectivity index (χ2n) is 8.90. The number of para-hydroxylation sites is 2. The number of fused-ring (bicyclic) bond motifs is 1.